The van der Waals surface area contributed by atoms with Gasteiger partial charge in [0.15, 0.2) is 5.82 Å². The molecule has 0 saturated carbocycles. The number of thiophene rings is 1. The summed E-state index contributed by atoms with van der Waals surface area (Å²) >= 11 is 7.44. The van der Waals surface area contributed by atoms with Crippen LogP contribution in [0.25, 0.3) is 20.7 Å². The van der Waals surface area contributed by atoms with Gasteiger partial charge in [-0.15, -0.1) is 11.3 Å². The normalized spacial score (nSPS) is 20.9. The average Bonchev–Trinajstić information content (AvgIpc) is 3.02. The van der Waals surface area contributed by atoms with Gasteiger partial charge in [-0.3, -0.25) is 4.79 Å². The van der Waals surface area contributed by atoms with Crippen LogP contribution in [0.1, 0.15) is 32.0 Å². The summed E-state index contributed by atoms with van der Waals surface area (Å²) in [4.78, 5) is 22.8. The molecule has 0 aliphatic carbocycles. The monoisotopic (exact) mass is 374 g/mol. The number of hydrogen-bond donors (Lipinski definition) is 2. The second-order valence-corrected chi connectivity index (χ2v) is 8.32. The van der Waals surface area contributed by atoms with E-state index in [0.717, 1.165) is 34.9 Å². The van der Waals surface area contributed by atoms with Crippen LogP contribution in [0.15, 0.2) is 35.1 Å². The molecule has 1 aliphatic heterocycles. The fourth-order valence-electron chi connectivity index (χ4n) is 3.56. The molecule has 6 heteroatoms. The van der Waals surface area contributed by atoms with Crippen LogP contribution in [0.3, 0.4) is 0 Å². The predicted molar refractivity (Wildman–Crippen MR) is 104 cm³/mol. The molecule has 1 aliphatic rings. The molecule has 2 N–H and O–H groups in total. The Morgan fingerprint density at radius 1 is 1.32 bits per heavy atom. The van der Waals surface area contributed by atoms with E-state index in [2.05, 4.69) is 11.9 Å². The van der Waals surface area contributed by atoms with Crippen LogP contribution in [-0.4, -0.2) is 22.6 Å². The standard InChI is InChI=1S/C19H20ClN3OS/c1-12-4-2-3-9-23(12)11-17-21-15-10-16(25-18(15)19(24)22-17)13-5-7-14(20)8-6-13/h5-8,10,12H,2-4,9,11H2,1H3,(H,21,22,24)/p+1/t12-/m0/s1. The van der Waals surface area contributed by atoms with Gasteiger partial charge in [0, 0.05) is 9.90 Å². The fraction of sp³-hybridized carbons (Fsp3) is 0.368. The van der Waals surface area contributed by atoms with E-state index in [1.807, 2.05) is 30.3 Å². The van der Waals surface area contributed by atoms with Crippen molar-refractivity contribution >= 4 is 33.2 Å². The van der Waals surface area contributed by atoms with E-state index in [1.54, 1.807) is 0 Å². The van der Waals surface area contributed by atoms with E-state index in [0.29, 0.717) is 15.8 Å². The third-order valence-corrected chi connectivity index (χ3v) is 6.46. The van der Waals surface area contributed by atoms with E-state index in [-0.39, 0.29) is 5.56 Å². The van der Waals surface area contributed by atoms with Gasteiger partial charge in [-0.05, 0) is 49.9 Å². The predicted octanol–water partition coefficient (Wildman–Crippen LogP) is 3.26. The number of nitrogens with zero attached hydrogens (tertiary/aromatic N) is 1. The SMILES string of the molecule is C[C@H]1CCCC[NH+]1Cc1nc2cc(-c3ccc(Cl)cc3)sc2c(=O)[nH]1. The Morgan fingerprint density at radius 2 is 2.12 bits per heavy atom. The van der Waals surface area contributed by atoms with Crippen molar-refractivity contribution < 1.29 is 4.90 Å². The molecule has 2 atom stereocenters. The maximum Gasteiger partial charge on any atom is 0.269 e. The van der Waals surface area contributed by atoms with Gasteiger partial charge < -0.3 is 9.88 Å². The number of quaternary nitrogens is 1. The fourth-order valence-corrected chi connectivity index (χ4v) is 4.68. The van der Waals surface area contributed by atoms with Gasteiger partial charge in [0.1, 0.15) is 11.2 Å². The first kappa shape index (κ1) is 16.8. The second kappa shape index (κ2) is 6.90. The largest absolute Gasteiger partial charge is 0.326 e. The Labute approximate surface area is 155 Å². The first-order chi connectivity index (χ1) is 12.1. The maximum absolute atomic E-state index is 12.5. The zero-order chi connectivity index (χ0) is 17.4. The van der Waals surface area contributed by atoms with Crippen molar-refractivity contribution in [3.05, 3.63) is 51.5 Å². The smallest absolute Gasteiger partial charge is 0.269 e. The van der Waals surface area contributed by atoms with Gasteiger partial charge in [-0.2, -0.15) is 0 Å². The lowest BCUT2D eigenvalue weighted by molar-refractivity contribution is -0.942. The number of fused-ring (bicyclic) bond motifs is 1. The number of halogens is 1. The third kappa shape index (κ3) is 3.50. The molecule has 4 nitrogen and oxygen atoms in total. The molecule has 3 heterocycles. The molecule has 2 aromatic heterocycles. The number of hydrogen-bond acceptors (Lipinski definition) is 3. The summed E-state index contributed by atoms with van der Waals surface area (Å²) < 4.78 is 0.690. The zero-order valence-electron chi connectivity index (χ0n) is 14.1. The summed E-state index contributed by atoms with van der Waals surface area (Å²) in [6.07, 6.45) is 3.81. The number of piperidine rings is 1. The number of rotatable bonds is 3. The summed E-state index contributed by atoms with van der Waals surface area (Å²) in [5.41, 5.74) is 1.82. The van der Waals surface area contributed by atoms with Gasteiger partial charge in [-0.25, -0.2) is 4.98 Å². The minimum absolute atomic E-state index is 0.0331. The number of H-pyrrole nitrogens is 1. The lowest BCUT2D eigenvalue weighted by Crippen LogP contribution is -3.15. The molecule has 1 fully saturated rings. The molecular weight excluding hydrogens is 354 g/mol. The minimum Gasteiger partial charge on any atom is -0.326 e. The minimum atomic E-state index is -0.0331. The number of benzene rings is 1. The maximum atomic E-state index is 12.5. The van der Waals surface area contributed by atoms with Gasteiger partial charge >= 0.3 is 0 Å². The zero-order valence-corrected chi connectivity index (χ0v) is 15.7. The molecule has 25 heavy (non-hydrogen) atoms. The van der Waals surface area contributed by atoms with E-state index in [1.165, 1.54) is 35.5 Å². The van der Waals surface area contributed by atoms with Crippen LogP contribution in [0, 0.1) is 0 Å². The van der Waals surface area contributed by atoms with Crippen LogP contribution in [0.4, 0.5) is 0 Å². The van der Waals surface area contributed by atoms with E-state index in [9.17, 15) is 4.79 Å². The Bertz CT molecular complexity index is 947. The van der Waals surface area contributed by atoms with Crippen molar-refractivity contribution in [2.75, 3.05) is 6.54 Å². The molecule has 1 aromatic carbocycles. The topological polar surface area (TPSA) is 50.2 Å². The van der Waals surface area contributed by atoms with Crippen molar-refractivity contribution in [2.45, 2.75) is 38.8 Å². The highest BCUT2D eigenvalue weighted by Crippen LogP contribution is 2.31. The Balaban J connectivity index is 1.67. The molecule has 1 unspecified atom stereocenters. The number of aromatic amines is 1. The molecule has 130 valence electrons. The van der Waals surface area contributed by atoms with Crippen LogP contribution < -0.4 is 10.5 Å². The highest BCUT2D eigenvalue weighted by atomic mass is 35.5. The third-order valence-electron chi connectivity index (χ3n) is 5.04. The van der Waals surface area contributed by atoms with Crippen molar-refractivity contribution in [2.24, 2.45) is 0 Å². The lowest BCUT2D eigenvalue weighted by Gasteiger charge is -2.29. The molecular formula is C19H21ClN3OS+. The van der Waals surface area contributed by atoms with Crippen LogP contribution in [0.5, 0.6) is 0 Å². The molecule has 0 radical (unpaired) electrons. The number of likely N-dealkylation sites (tertiary alicyclic amines) is 1. The lowest BCUT2D eigenvalue weighted by atomic mass is 10.0. The molecule has 4 rings (SSSR count). The highest BCUT2D eigenvalue weighted by molar-refractivity contribution is 7.22. The molecule has 0 amide bonds. The average molecular weight is 375 g/mol. The van der Waals surface area contributed by atoms with Crippen molar-refractivity contribution in [3.8, 4) is 10.4 Å². The molecule has 0 bridgehead atoms. The Kier molecular flexibility index (Phi) is 4.63. The summed E-state index contributed by atoms with van der Waals surface area (Å²) in [5, 5.41) is 0.710. The highest BCUT2D eigenvalue weighted by Gasteiger charge is 2.23. The van der Waals surface area contributed by atoms with Crippen molar-refractivity contribution in [1.82, 2.24) is 9.97 Å². The summed E-state index contributed by atoms with van der Waals surface area (Å²) in [5.74, 6) is 0.793. The molecule has 0 spiro atoms. The first-order valence-corrected chi connectivity index (χ1v) is 9.93. The van der Waals surface area contributed by atoms with Gasteiger partial charge in [-0.1, -0.05) is 23.7 Å². The number of aromatic nitrogens is 2. The van der Waals surface area contributed by atoms with Gasteiger partial charge in [0.25, 0.3) is 5.56 Å². The first-order valence-electron chi connectivity index (χ1n) is 8.73. The molecule has 1 saturated heterocycles. The Morgan fingerprint density at radius 3 is 2.88 bits per heavy atom. The second-order valence-electron chi connectivity index (χ2n) is 6.83. The number of nitrogens with one attached hydrogen (secondary N) is 2. The summed E-state index contributed by atoms with van der Waals surface area (Å²) in [6.45, 7) is 4.23. The van der Waals surface area contributed by atoms with Gasteiger partial charge in [0.2, 0.25) is 0 Å². The van der Waals surface area contributed by atoms with Crippen molar-refractivity contribution in [1.29, 1.82) is 0 Å². The van der Waals surface area contributed by atoms with E-state index in [4.69, 9.17) is 16.6 Å². The van der Waals surface area contributed by atoms with Crippen LogP contribution in [-0.2, 0) is 6.54 Å². The Hall–Kier alpha value is -1.69. The van der Waals surface area contributed by atoms with Crippen LogP contribution in [0.2, 0.25) is 5.02 Å². The van der Waals surface area contributed by atoms with Gasteiger partial charge in [0.05, 0.1) is 18.1 Å². The summed E-state index contributed by atoms with van der Waals surface area (Å²) in [6, 6.07) is 10.3. The quantitative estimate of drug-likeness (QED) is 0.739. The van der Waals surface area contributed by atoms with Crippen LogP contribution >= 0.6 is 22.9 Å². The summed E-state index contributed by atoms with van der Waals surface area (Å²) in [7, 11) is 0. The van der Waals surface area contributed by atoms with Crippen molar-refractivity contribution in [3.63, 3.8) is 0 Å². The van der Waals surface area contributed by atoms with E-state index >= 15 is 0 Å². The van der Waals surface area contributed by atoms with E-state index < -0.39 is 0 Å². The molecule has 3 aromatic rings.